The van der Waals surface area contributed by atoms with Crippen molar-refractivity contribution in [3.8, 4) is 23.0 Å². The Morgan fingerprint density at radius 2 is 1.81 bits per heavy atom. The molecule has 0 saturated carbocycles. The SMILES string of the molecule is CC(C)S(=O)(=O)c1ccc(-c2nnc(NC(=O)/C=C/c3ccc4c(c3)OCO4)o2)cc1. The average Bonchev–Trinajstić information content (AvgIpc) is 3.41. The van der Waals surface area contributed by atoms with Gasteiger partial charge in [-0.3, -0.25) is 10.1 Å². The molecule has 0 saturated heterocycles. The molecule has 0 radical (unpaired) electrons. The number of carbonyl (C=O) groups excluding carboxylic acids is 1. The summed E-state index contributed by atoms with van der Waals surface area (Å²) in [5, 5.41) is 9.65. The number of hydrogen-bond acceptors (Lipinski definition) is 8. The van der Waals surface area contributed by atoms with Crippen LogP contribution in [0.4, 0.5) is 6.01 Å². The van der Waals surface area contributed by atoms with Crippen LogP contribution in [-0.4, -0.2) is 36.6 Å². The quantitative estimate of drug-likeness (QED) is 0.579. The topological polar surface area (TPSA) is 121 Å². The van der Waals surface area contributed by atoms with Gasteiger partial charge in [0.1, 0.15) is 0 Å². The zero-order valence-corrected chi connectivity index (χ0v) is 17.5. The van der Waals surface area contributed by atoms with E-state index in [1.165, 1.54) is 18.2 Å². The number of ether oxygens (including phenoxy) is 2. The first kappa shape index (κ1) is 20.6. The van der Waals surface area contributed by atoms with Gasteiger partial charge in [0.2, 0.25) is 12.7 Å². The fraction of sp³-hybridized carbons (Fsp3) is 0.190. The average molecular weight is 441 g/mol. The molecule has 2 aromatic carbocycles. The smallest absolute Gasteiger partial charge is 0.322 e. The second kappa shape index (κ2) is 8.23. The molecule has 10 heteroatoms. The maximum Gasteiger partial charge on any atom is 0.322 e. The Morgan fingerprint density at radius 1 is 1.06 bits per heavy atom. The lowest BCUT2D eigenvalue weighted by Gasteiger charge is -2.07. The standard InChI is InChI=1S/C21H19N3O6S/c1-13(2)31(26,27)16-7-5-15(6-8-16)20-23-24-21(30-20)22-19(25)10-4-14-3-9-17-18(11-14)29-12-28-17/h3-11,13H,12H2,1-2H3,(H,22,24,25)/b10-4+. The number of carbonyl (C=O) groups is 1. The van der Waals surface area contributed by atoms with E-state index >= 15 is 0 Å². The van der Waals surface area contributed by atoms with Gasteiger partial charge in [-0.05, 0) is 61.9 Å². The number of nitrogens with one attached hydrogen (secondary N) is 1. The van der Waals surface area contributed by atoms with Gasteiger partial charge in [0.05, 0.1) is 10.1 Å². The molecule has 1 amide bonds. The second-order valence-corrected chi connectivity index (χ2v) is 9.47. The van der Waals surface area contributed by atoms with E-state index in [9.17, 15) is 13.2 Å². The lowest BCUT2D eigenvalue weighted by Crippen LogP contribution is -2.13. The summed E-state index contributed by atoms with van der Waals surface area (Å²) in [6, 6.07) is 11.4. The van der Waals surface area contributed by atoms with E-state index in [-0.39, 0.29) is 23.6 Å². The maximum absolute atomic E-state index is 12.2. The van der Waals surface area contributed by atoms with E-state index in [1.54, 1.807) is 50.3 Å². The summed E-state index contributed by atoms with van der Waals surface area (Å²) in [4.78, 5) is 12.4. The van der Waals surface area contributed by atoms with E-state index in [4.69, 9.17) is 13.9 Å². The predicted octanol–water partition coefficient (Wildman–Crippen LogP) is 3.30. The third kappa shape index (κ3) is 4.43. The number of benzene rings is 2. The lowest BCUT2D eigenvalue weighted by atomic mass is 10.2. The van der Waals surface area contributed by atoms with E-state index in [1.807, 2.05) is 0 Å². The summed E-state index contributed by atoms with van der Waals surface area (Å²) in [5.74, 6) is 0.987. The van der Waals surface area contributed by atoms with Crippen molar-refractivity contribution in [3.05, 3.63) is 54.1 Å². The second-order valence-electron chi connectivity index (χ2n) is 6.97. The first-order valence-corrected chi connectivity index (χ1v) is 10.9. The van der Waals surface area contributed by atoms with E-state index in [0.29, 0.717) is 17.1 Å². The molecular weight excluding hydrogens is 422 g/mol. The zero-order chi connectivity index (χ0) is 22.0. The van der Waals surface area contributed by atoms with Crippen molar-refractivity contribution in [3.63, 3.8) is 0 Å². The number of sulfone groups is 1. The Balaban J connectivity index is 1.41. The highest BCUT2D eigenvalue weighted by Crippen LogP contribution is 2.32. The fourth-order valence-corrected chi connectivity index (χ4v) is 3.85. The van der Waals surface area contributed by atoms with Gasteiger partial charge in [0.25, 0.3) is 5.91 Å². The summed E-state index contributed by atoms with van der Waals surface area (Å²) in [5.41, 5.74) is 1.30. The molecule has 0 atom stereocenters. The molecule has 9 nitrogen and oxygen atoms in total. The van der Waals surface area contributed by atoms with Gasteiger partial charge in [0, 0.05) is 11.6 Å². The highest BCUT2D eigenvalue weighted by Gasteiger charge is 2.19. The molecule has 160 valence electrons. The summed E-state index contributed by atoms with van der Waals surface area (Å²) in [7, 11) is -3.37. The monoisotopic (exact) mass is 441 g/mol. The van der Waals surface area contributed by atoms with Gasteiger partial charge in [-0.25, -0.2) is 8.42 Å². The van der Waals surface area contributed by atoms with Crippen LogP contribution in [0.25, 0.3) is 17.5 Å². The van der Waals surface area contributed by atoms with Crippen LogP contribution in [0.15, 0.2) is 57.9 Å². The van der Waals surface area contributed by atoms with Crippen molar-refractivity contribution < 1.29 is 27.1 Å². The summed E-state index contributed by atoms with van der Waals surface area (Å²) < 4.78 is 40.4. The summed E-state index contributed by atoms with van der Waals surface area (Å²) >= 11 is 0. The van der Waals surface area contributed by atoms with Crippen molar-refractivity contribution in [2.24, 2.45) is 0 Å². The van der Waals surface area contributed by atoms with Gasteiger partial charge >= 0.3 is 6.01 Å². The predicted molar refractivity (Wildman–Crippen MR) is 112 cm³/mol. The molecule has 1 N–H and O–H groups in total. The Labute approximate surface area is 178 Å². The van der Waals surface area contributed by atoms with Gasteiger partial charge in [-0.2, -0.15) is 0 Å². The molecule has 4 rings (SSSR count). The maximum atomic E-state index is 12.2. The van der Waals surface area contributed by atoms with Crippen LogP contribution in [0.1, 0.15) is 19.4 Å². The molecule has 0 unspecified atom stereocenters. The number of rotatable bonds is 6. The van der Waals surface area contributed by atoms with Gasteiger partial charge in [-0.1, -0.05) is 11.2 Å². The minimum absolute atomic E-state index is 0.0748. The first-order valence-electron chi connectivity index (χ1n) is 9.39. The van der Waals surface area contributed by atoms with Crippen LogP contribution < -0.4 is 14.8 Å². The number of hydrogen-bond donors (Lipinski definition) is 1. The Hall–Kier alpha value is -3.66. The van der Waals surface area contributed by atoms with Crippen molar-refractivity contribution in [2.75, 3.05) is 12.1 Å². The molecule has 1 aromatic heterocycles. The lowest BCUT2D eigenvalue weighted by molar-refractivity contribution is -0.112. The van der Waals surface area contributed by atoms with Gasteiger partial charge < -0.3 is 13.9 Å². The summed E-state index contributed by atoms with van der Waals surface area (Å²) in [6.45, 7) is 3.42. The third-order valence-corrected chi connectivity index (χ3v) is 6.70. The Morgan fingerprint density at radius 3 is 2.55 bits per heavy atom. The number of aromatic nitrogens is 2. The normalized spacial score (nSPS) is 13.1. The van der Waals surface area contributed by atoms with Crippen LogP contribution >= 0.6 is 0 Å². The van der Waals surface area contributed by atoms with Crippen molar-refractivity contribution >= 4 is 27.8 Å². The van der Waals surface area contributed by atoms with Crippen LogP contribution in [0.2, 0.25) is 0 Å². The molecule has 1 aliphatic rings. The largest absolute Gasteiger partial charge is 0.454 e. The Kier molecular flexibility index (Phi) is 5.47. The van der Waals surface area contributed by atoms with Crippen LogP contribution in [0, 0.1) is 0 Å². The number of fused-ring (bicyclic) bond motifs is 1. The molecule has 0 spiro atoms. The molecule has 1 aliphatic heterocycles. The molecule has 2 heterocycles. The number of nitrogens with zero attached hydrogens (tertiary/aromatic N) is 2. The van der Waals surface area contributed by atoms with Gasteiger partial charge in [-0.15, -0.1) is 5.10 Å². The minimum Gasteiger partial charge on any atom is -0.454 e. The molecule has 0 aliphatic carbocycles. The highest BCUT2D eigenvalue weighted by molar-refractivity contribution is 7.92. The molecule has 0 fully saturated rings. The van der Waals surface area contributed by atoms with E-state index in [2.05, 4.69) is 15.5 Å². The summed E-state index contributed by atoms with van der Waals surface area (Å²) in [6.07, 6.45) is 2.94. The molecular formula is C21H19N3O6S. The van der Waals surface area contributed by atoms with Crippen molar-refractivity contribution in [1.29, 1.82) is 0 Å². The zero-order valence-electron chi connectivity index (χ0n) is 16.7. The van der Waals surface area contributed by atoms with Crippen LogP contribution in [0.5, 0.6) is 11.5 Å². The van der Waals surface area contributed by atoms with E-state index < -0.39 is 21.0 Å². The molecule has 31 heavy (non-hydrogen) atoms. The van der Waals surface area contributed by atoms with Crippen LogP contribution in [-0.2, 0) is 14.6 Å². The molecule has 0 bridgehead atoms. The van der Waals surface area contributed by atoms with Crippen LogP contribution in [0.3, 0.4) is 0 Å². The van der Waals surface area contributed by atoms with Gasteiger partial charge in [0.15, 0.2) is 21.3 Å². The molecule has 3 aromatic rings. The number of anilines is 1. The number of amides is 1. The fourth-order valence-electron chi connectivity index (χ4n) is 2.79. The minimum atomic E-state index is -3.37. The van der Waals surface area contributed by atoms with E-state index in [0.717, 1.165) is 5.56 Å². The first-order chi connectivity index (χ1) is 14.8. The third-order valence-electron chi connectivity index (χ3n) is 4.53. The van der Waals surface area contributed by atoms with Crippen molar-refractivity contribution in [1.82, 2.24) is 10.2 Å². The highest BCUT2D eigenvalue weighted by atomic mass is 32.2. The Bertz CT molecular complexity index is 1250. The van der Waals surface area contributed by atoms with Crippen molar-refractivity contribution in [2.45, 2.75) is 24.0 Å².